The Morgan fingerprint density at radius 1 is 1.03 bits per heavy atom. The van der Waals surface area contributed by atoms with Crippen molar-refractivity contribution in [3.63, 3.8) is 0 Å². The molecule has 0 saturated heterocycles. The normalized spacial score (nSPS) is 11.0. The van der Waals surface area contributed by atoms with Gasteiger partial charge in [-0.1, -0.05) is 19.6 Å². The summed E-state index contributed by atoms with van der Waals surface area (Å²) in [7, 11) is 0. The van der Waals surface area contributed by atoms with Crippen LogP contribution in [-0.4, -0.2) is 72.8 Å². The van der Waals surface area contributed by atoms with E-state index in [0.29, 0.717) is 30.8 Å². The van der Waals surface area contributed by atoms with Gasteiger partial charge in [0, 0.05) is 49.3 Å². The quantitative estimate of drug-likeness (QED) is 0.185. The first-order valence-corrected chi connectivity index (χ1v) is 11.9. The van der Waals surface area contributed by atoms with E-state index in [2.05, 4.69) is 38.4 Å². The fourth-order valence-corrected chi connectivity index (χ4v) is 3.12. The minimum atomic E-state index is -1.32. The number of nitrogens with one attached hydrogen (secondary N) is 3. The molecule has 0 bridgehead atoms. The molecule has 2 rings (SSSR count). The average Bonchev–Trinajstić information content (AvgIpc) is 3.56. The minimum absolute atomic E-state index is 0.0631. The van der Waals surface area contributed by atoms with Crippen molar-refractivity contribution in [3.8, 4) is 0 Å². The van der Waals surface area contributed by atoms with Gasteiger partial charge in [-0.25, -0.2) is 14.8 Å². The monoisotopic (exact) mass is 515 g/mol. The van der Waals surface area contributed by atoms with Gasteiger partial charge in [-0.3, -0.25) is 19.3 Å². The second-order valence-corrected chi connectivity index (χ2v) is 8.41. The van der Waals surface area contributed by atoms with Gasteiger partial charge in [0.1, 0.15) is 6.04 Å². The third-order valence-corrected chi connectivity index (χ3v) is 5.11. The summed E-state index contributed by atoms with van der Waals surface area (Å²) < 4.78 is 0. The maximum atomic E-state index is 12.5. The smallest absolute Gasteiger partial charge is 0.327 e. The van der Waals surface area contributed by atoms with E-state index in [1.54, 1.807) is 13.3 Å². The van der Waals surface area contributed by atoms with Gasteiger partial charge in [-0.05, 0) is 33.2 Å². The molecule has 0 aliphatic rings. The molecule has 0 fully saturated rings. The molecule has 12 heteroatoms. The summed E-state index contributed by atoms with van der Waals surface area (Å²) in [4.78, 5) is 61.8. The van der Waals surface area contributed by atoms with E-state index in [9.17, 15) is 24.3 Å². The summed E-state index contributed by atoms with van der Waals surface area (Å²) in [6.45, 7) is 11.3. The summed E-state index contributed by atoms with van der Waals surface area (Å²) in [5.41, 5.74) is 7.45. The molecule has 1 atom stereocenters. The molecule has 2 aromatic heterocycles. The molecule has 0 aliphatic heterocycles. The van der Waals surface area contributed by atoms with E-state index >= 15 is 0 Å². The molecule has 37 heavy (non-hydrogen) atoms. The first-order chi connectivity index (χ1) is 17.6. The van der Waals surface area contributed by atoms with E-state index in [-0.39, 0.29) is 24.3 Å². The Balaban J connectivity index is 0.000000442. The lowest BCUT2D eigenvalue weighted by atomic mass is 10.1. The maximum Gasteiger partial charge on any atom is 0.327 e. The molecule has 12 nitrogen and oxygen atoms in total. The zero-order chi connectivity index (χ0) is 27.8. The molecule has 0 unspecified atom stereocenters. The number of aromatic nitrogens is 4. The summed E-state index contributed by atoms with van der Waals surface area (Å²) in [5.74, 6) is -2.57. The number of rotatable bonds is 14. The molecule has 3 amide bonds. The van der Waals surface area contributed by atoms with Crippen molar-refractivity contribution in [3.05, 3.63) is 60.7 Å². The Kier molecular flexibility index (Phi) is 13.9. The van der Waals surface area contributed by atoms with Gasteiger partial charge in [0.2, 0.25) is 11.8 Å². The van der Waals surface area contributed by atoms with Crippen LogP contribution in [-0.2, 0) is 32.0 Å². The van der Waals surface area contributed by atoms with Gasteiger partial charge < -0.3 is 26.1 Å². The summed E-state index contributed by atoms with van der Waals surface area (Å²) in [5, 5.41) is 12.2. The number of nitrogens with two attached hydrogens (primary N) is 1. The van der Waals surface area contributed by atoms with Gasteiger partial charge in [0.15, 0.2) is 0 Å². The van der Waals surface area contributed by atoms with Crippen LogP contribution in [0, 0.1) is 0 Å². The van der Waals surface area contributed by atoms with E-state index in [0.717, 1.165) is 29.9 Å². The zero-order valence-corrected chi connectivity index (χ0v) is 21.5. The Morgan fingerprint density at radius 2 is 1.65 bits per heavy atom. The number of carbonyl (C=O) groups excluding carboxylic acids is 3. The van der Waals surface area contributed by atoms with E-state index < -0.39 is 23.8 Å². The van der Waals surface area contributed by atoms with Crippen LogP contribution in [0.2, 0.25) is 0 Å². The number of carboxylic acid groups (broad SMARTS) is 1. The first kappa shape index (κ1) is 31.0. The van der Waals surface area contributed by atoms with Crippen LogP contribution in [0.5, 0.6) is 0 Å². The molecule has 2 aromatic rings. The highest BCUT2D eigenvalue weighted by Crippen LogP contribution is 2.14. The molecule has 2 heterocycles. The van der Waals surface area contributed by atoms with Crippen LogP contribution >= 0.6 is 0 Å². The number of unbranched alkanes of at least 4 members (excludes halogenated alkanes) is 2. The van der Waals surface area contributed by atoms with Crippen molar-refractivity contribution in [2.75, 3.05) is 13.1 Å². The lowest BCUT2D eigenvalue weighted by Gasteiger charge is -2.27. The Labute approximate surface area is 216 Å². The highest BCUT2D eigenvalue weighted by Gasteiger charge is 2.35. The van der Waals surface area contributed by atoms with E-state index in [1.807, 2.05) is 6.20 Å². The number of imidazole rings is 2. The second kappa shape index (κ2) is 16.6. The fourth-order valence-electron chi connectivity index (χ4n) is 3.12. The topological polar surface area (TPSA) is 187 Å². The Bertz CT molecular complexity index is 1030. The number of aromatic amines is 2. The molecule has 0 aliphatic carbocycles. The largest absolute Gasteiger partial charge is 0.480 e. The molecular weight excluding hydrogens is 478 g/mol. The van der Waals surface area contributed by atoms with Crippen LogP contribution in [0.3, 0.4) is 0 Å². The van der Waals surface area contributed by atoms with Crippen LogP contribution < -0.4 is 11.1 Å². The molecule has 0 radical (unpaired) electrons. The van der Waals surface area contributed by atoms with E-state index in [4.69, 9.17) is 5.73 Å². The molecule has 6 N–H and O–H groups in total. The van der Waals surface area contributed by atoms with Gasteiger partial charge in [0.05, 0.1) is 24.0 Å². The molecular formula is C25H37N7O5. The number of carboxylic acids is 1. The van der Waals surface area contributed by atoms with Crippen molar-refractivity contribution in [1.82, 2.24) is 30.2 Å². The maximum absolute atomic E-state index is 12.5. The minimum Gasteiger partial charge on any atom is -0.480 e. The predicted octanol–water partition coefficient (Wildman–Crippen LogP) is 1.50. The lowest BCUT2D eigenvalue weighted by molar-refractivity contribution is -0.156. The third kappa shape index (κ3) is 11.5. The van der Waals surface area contributed by atoms with Crippen LogP contribution in [0.15, 0.2) is 49.4 Å². The number of amides is 3. The standard InChI is InChI=1S/C16H24N4O4.C9H13N3O/c1-11(2)15(22)20(14(21)6-4-3-5-7-17)13(16(23)24)8-12-9-18-10-19-12;1-7(2)9(13)11-4-3-8-5-10-6-12-8/h9-10,13H,1,3-8,17H2,2H3,(H,18,19)(H,23,24);5-6H,1,3-4H2,2H3,(H,10,12)(H,11,13)/t13-;/m0./s1. The summed E-state index contributed by atoms with van der Waals surface area (Å²) in [6, 6.07) is -1.32. The van der Waals surface area contributed by atoms with Crippen molar-refractivity contribution < 1.29 is 24.3 Å². The number of imide groups is 1. The molecule has 0 aromatic carbocycles. The van der Waals surface area contributed by atoms with Crippen LogP contribution in [0.4, 0.5) is 0 Å². The number of H-pyrrole nitrogens is 2. The summed E-state index contributed by atoms with van der Waals surface area (Å²) in [6.07, 6.45) is 9.20. The highest BCUT2D eigenvalue weighted by molar-refractivity contribution is 6.06. The molecule has 0 saturated carbocycles. The molecule has 0 spiro atoms. The van der Waals surface area contributed by atoms with Crippen molar-refractivity contribution >= 4 is 23.7 Å². The third-order valence-electron chi connectivity index (χ3n) is 5.11. The second-order valence-electron chi connectivity index (χ2n) is 8.41. The number of aliphatic carboxylic acids is 1. The van der Waals surface area contributed by atoms with Gasteiger partial charge in [-0.15, -0.1) is 0 Å². The fraction of sp³-hybridized carbons (Fsp3) is 0.440. The van der Waals surface area contributed by atoms with Crippen molar-refractivity contribution in [1.29, 1.82) is 0 Å². The SMILES string of the molecule is C=C(C)C(=O)N(C(=O)CCCCCN)[C@@H](Cc1c[nH]cn1)C(=O)O.C=C(C)C(=O)NCCc1c[nH]cn1. The lowest BCUT2D eigenvalue weighted by Crippen LogP contribution is -2.50. The van der Waals surface area contributed by atoms with Crippen molar-refractivity contribution in [2.45, 2.75) is 58.4 Å². The number of carbonyl (C=O) groups is 4. The van der Waals surface area contributed by atoms with Gasteiger partial charge >= 0.3 is 5.97 Å². The average molecular weight is 516 g/mol. The molecule has 202 valence electrons. The van der Waals surface area contributed by atoms with Crippen molar-refractivity contribution in [2.24, 2.45) is 5.73 Å². The van der Waals surface area contributed by atoms with Gasteiger partial charge in [0.25, 0.3) is 5.91 Å². The van der Waals surface area contributed by atoms with Crippen LogP contribution in [0.25, 0.3) is 0 Å². The van der Waals surface area contributed by atoms with Crippen LogP contribution in [0.1, 0.15) is 50.9 Å². The Hall–Kier alpha value is -4.06. The number of nitrogens with zero attached hydrogens (tertiary/aromatic N) is 3. The van der Waals surface area contributed by atoms with E-state index in [1.165, 1.54) is 19.4 Å². The number of hydrogen-bond acceptors (Lipinski definition) is 7. The first-order valence-electron chi connectivity index (χ1n) is 11.9. The predicted molar refractivity (Wildman–Crippen MR) is 138 cm³/mol. The van der Waals surface area contributed by atoms with Gasteiger partial charge in [-0.2, -0.15) is 0 Å². The Morgan fingerprint density at radius 3 is 2.14 bits per heavy atom. The highest BCUT2D eigenvalue weighted by atomic mass is 16.4. The number of hydrogen-bond donors (Lipinski definition) is 5. The summed E-state index contributed by atoms with van der Waals surface area (Å²) >= 11 is 0. The zero-order valence-electron chi connectivity index (χ0n) is 21.5.